The number of benzene rings is 1. The zero-order chi connectivity index (χ0) is 13.2. The highest BCUT2D eigenvalue weighted by Gasteiger charge is 2.31. The Bertz CT molecular complexity index is 473. The summed E-state index contributed by atoms with van der Waals surface area (Å²) >= 11 is 0. The second kappa shape index (κ2) is 6.41. The Kier molecular flexibility index (Phi) is 4.83. The van der Waals surface area contributed by atoms with E-state index in [1.807, 2.05) is 15.9 Å². The van der Waals surface area contributed by atoms with Crippen molar-refractivity contribution in [3.8, 4) is 0 Å². The Morgan fingerprint density at radius 1 is 1.15 bits per heavy atom. The fraction of sp³-hybridized carbons (Fsp3) is 0.500. The molecule has 0 spiro atoms. The van der Waals surface area contributed by atoms with Gasteiger partial charge >= 0.3 is 0 Å². The molecule has 2 saturated heterocycles. The van der Waals surface area contributed by atoms with Gasteiger partial charge in [-0.1, -0.05) is 12.1 Å². The number of carbonyl (C=O) groups excluding carboxylic acids is 1. The molecule has 6 heteroatoms. The number of piperazine rings is 1. The number of anilines is 1. The lowest BCUT2D eigenvalue weighted by Gasteiger charge is -2.39. The number of hydrogen-bond donors (Lipinski definition) is 1. The molecule has 110 valence electrons. The largest absolute Gasteiger partial charge is 0.366 e. The maximum Gasteiger partial charge on any atom is 0.228 e. The van der Waals surface area contributed by atoms with Gasteiger partial charge in [-0.05, 0) is 12.1 Å². The van der Waals surface area contributed by atoms with Crippen molar-refractivity contribution in [2.24, 2.45) is 5.92 Å². The molecular weight excluding hydrogens is 281 g/mol. The van der Waals surface area contributed by atoms with E-state index in [2.05, 4.69) is 5.32 Å². The first-order valence-electron chi connectivity index (χ1n) is 6.74. The maximum absolute atomic E-state index is 13.7. The minimum absolute atomic E-state index is 0. The van der Waals surface area contributed by atoms with E-state index in [4.69, 9.17) is 0 Å². The van der Waals surface area contributed by atoms with Crippen molar-refractivity contribution in [3.63, 3.8) is 0 Å². The van der Waals surface area contributed by atoms with Crippen LogP contribution in [0, 0.1) is 11.7 Å². The molecule has 1 amide bonds. The standard InChI is InChI=1S/C14H18FN3O.ClH/c15-12-3-1-2-4-13(12)17-5-7-18(8-6-17)14(19)11-9-16-10-11;/h1-4,11,16H,5-10H2;1H. The smallest absolute Gasteiger partial charge is 0.228 e. The predicted octanol–water partition coefficient (Wildman–Crippen LogP) is 1.12. The topological polar surface area (TPSA) is 35.6 Å². The fourth-order valence-electron chi connectivity index (χ4n) is 2.60. The third kappa shape index (κ3) is 2.88. The molecule has 2 fully saturated rings. The van der Waals surface area contributed by atoms with Crippen LogP contribution in [0.25, 0.3) is 0 Å². The fourth-order valence-corrected chi connectivity index (χ4v) is 2.60. The summed E-state index contributed by atoms with van der Waals surface area (Å²) in [5.74, 6) is 0.206. The van der Waals surface area contributed by atoms with Crippen molar-refractivity contribution in [1.82, 2.24) is 10.2 Å². The highest BCUT2D eigenvalue weighted by atomic mass is 35.5. The Morgan fingerprint density at radius 2 is 1.80 bits per heavy atom. The van der Waals surface area contributed by atoms with Crippen LogP contribution in [0.1, 0.15) is 0 Å². The molecule has 0 bridgehead atoms. The van der Waals surface area contributed by atoms with Gasteiger partial charge in [0.2, 0.25) is 5.91 Å². The Hall–Kier alpha value is -1.33. The molecule has 0 unspecified atom stereocenters. The van der Waals surface area contributed by atoms with Crippen LogP contribution in [0.5, 0.6) is 0 Å². The minimum atomic E-state index is -0.189. The first-order chi connectivity index (χ1) is 9.25. The summed E-state index contributed by atoms with van der Waals surface area (Å²) < 4.78 is 13.7. The number of carbonyl (C=O) groups is 1. The molecule has 0 aliphatic carbocycles. The summed E-state index contributed by atoms with van der Waals surface area (Å²) in [5, 5.41) is 3.12. The molecular formula is C14H19ClFN3O. The number of nitrogens with zero attached hydrogens (tertiary/aromatic N) is 2. The monoisotopic (exact) mass is 299 g/mol. The minimum Gasteiger partial charge on any atom is -0.366 e. The number of hydrogen-bond acceptors (Lipinski definition) is 3. The van der Waals surface area contributed by atoms with Gasteiger partial charge < -0.3 is 15.1 Å². The van der Waals surface area contributed by atoms with E-state index in [1.54, 1.807) is 12.1 Å². The van der Waals surface area contributed by atoms with Crippen LogP contribution in [0.2, 0.25) is 0 Å². The van der Waals surface area contributed by atoms with Gasteiger partial charge in [-0.3, -0.25) is 4.79 Å². The Labute approximate surface area is 124 Å². The van der Waals surface area contributed by atoms with Crippen LogP contribution in [-0.2, 0) is 4.79 Å². The van der Waals surface area contributed by atoms with Gasteiger partial charge in [0, 0.05) is 39.3 Å². The molecule has 0 aromatic heterocycles. The summed E-state index contributed by atoms with van der Waals surface area (Å²) in [4.78, 5) is 16.0. The summed E-state index contributed by atoms with van der Waals surface area (Å²) in [7, 11) is 0. The Balaban J connectivity index is 0.00000147. The van der Waals surface area contributed by atoms with Crippen molar-refractivity contribution < 1.29 is 9.18 Å². The summed E-state index contributed by atoms with van der Waals surface area (Å²) in [6, 6.07) is 6.81. The van der Waals surface area contributed by atoms with Crippen LogP contribution >= 0.6 is 12.4 Å². The third-order valence-electron chi connectivity index (χ3n) is 3.92. The number of para-hydroxylation sites is 1. The first kappa shape index (κ1) is 15.1. The highest BCUT2D eigenvalue weighted by molar-refractivity contribution is 5.85. The van der Waals surface area contributed by atoms with E-state index in [9.17, 15) is 9.18 Å². The second-order valence-corrected chi connectivity index (χ2v) is 5.12. The van der Waals surface area contributed by atoms with E-state index < -0.39 is 0 Å². The van der Waals surface area contributed by atoms with Crippen molar-refractivity contribution in [2.45, 2.75) is 0 Å². The van der Waals surface area contributed by atoms with E-state index in [0.29, 0.717) is 31.9 Å². The number of nitrogens with one attached hydrogen (secondary N) is 1. The first-order valence-corrected chi connectivity index (χ1v) is 6.74. The molecule has 20 heavy (non-hydrogen) atoms. The number of halogens is 2. The average molecular weight is 300 g/mol. The van der Waals surface area contributed by atoms with Gasteiger partial charge in [-0.25, -0.2) is 4.39 Å². The van der Waals surface area contributed by atoms with Crippen LogP contribution in [0.15, 0.2) is 24.3 Å². The highest BCUT2D eigenvalue weighted by Crippen LogP contribution is 2.21. The number of amides is 1. The molecule has 4 nitrogen and oxygen atoms in total. The number of rotatable bonds is 2. The van der Waals surface area contributed by atoms with E-state index >= 15 is 0 Å². The van der Waals surface area contributed by atoms with Crippen molar-refractivity contribution in [1.29, 1.82) is 0 Å². The van der Waals surface area contributed by atoms with Crippen LogP contribution in [0.3, 0.4) is 0 Å². The molecule has 3 rings (SSSR count). The van der Waals surface area contributed by atoms with Gasteiger partial charge in [-0.15, -0.1) is 12.4 Å². The van der Waals surface area contributed by atoms with Crippen molar-refractivity contribution in [3.05, 3.63) is 30.1 Å². The average Bonchev–Trinajstić information content (AvgIpc) is 2.37. The van der Waals surface area contributed by atoms with E-state index in [0.717, 1.165) is 13.1 Å². The second-order valence-electron chi connectivity index (χ2n) is 5.12. The summed E-state index contributed by atoms with van der Waals surface area (Å²) in [5.41, 5.74) is 0.639. The maximum atomic E-state index is 13.7. The van der Waals surface area contributed by atoms with Gasteiger partial charge in [0.05, 0.1) is 11.6 Å². The van der Waals surface area contributed by atoms with Crippen LogP contribution < -0.4 is 10.2 Å². The van der Waals surface area contributed by atoms with Gasteiger partial charge in [0.15, 0.2) is 0 Å². The summed E-state index contributed by atoms with van der Waals surface area (Å²) in [6.45, 7) is 4.37. The molecule has 0 atom stereocenters. The quantitative estimate of drug-likeness (QED) is 0.889. The predicted molar refractivity (Wildman–Crippen MR) is 78.8 cm³/mol. The van der Waals surface area contributed by atoms with Gasteiger partial charge in [0.25, 0.3) is 0 Å². The lowest BCUT2D eigenvalue weighted by atomic mass is 10.0. The van der Waals surface area contributed by atoms with Gasteiger partial charge in [-0.2, -0.15) is 0 Å². The van der Waals surface area contributed by atoms with Crippen LogP contribution in [0.4, 0.5) is 10.1 Å². The Morgan fingerprint density at radius 3 is 2.35 bits per heavy atom. The lowest BCUT2D eigenvalue weighted by Crippen LogP contribution is -2.56. The zero-order valence-electron chi connectivity index (χ0n) is 11.2. The molecule has 2 aliphatic rings. The molecule has 1 aromatic rings. The molecule has 0 saturated carbocycles. The molecule has 0 radical (unpaired) electrons. The van der Waals surface area contributed by atoms with Crippen molar-refractivity contribution in [2.75, 3.05) is 44.2 Å². The van der Waals surface area contributed by atoms with E-state index in [-0.39, 0.29) is 30.0 Å². The zero-order valence-corrected chi connectivity index (χ0v) is 12.0. The van der Waals surface area contributed by atoms with E-state index in [1.165, 1.54) is 6.07 Å². The molecule has 2 heterocycles. The SMILES string of the molecule is Cl.O=C(C1CNC1)N1CCN(c2ccccc2F)CC1. The normalized spacial score (nSPS) is 19.2. The molecule has 1 N–H and O–H groups in total. The molecule has 2 aliphatic heterocycles. The molecule has 1 aromatic carbocycles. The lowest BCUT2D eigenvalue weighted by molar-refractivity contribution is -0.137. The van der Waals surface area contributed by atoms with Crippen molar-refractivity contribution >= 4 is 24.0 Å². The van der Waals surface area contributed by atoms with Gasteiger partial charge in [0.1, 0.15) is 5.82 Å². The summed E-state index contributed by atoms with van der Waals surface area (Å²) in [6.07, 6.45) is 0. The third-order valence-corrected chi connectivity index (χ3v) is 3.92. The van der Waals surface area contributed by atoms with Crippen LogP contribution in [-0.4, -0.2) is 50.1 Å².